The highest BCUT2D eigenvalue weighted by Gasteiger charge is 2.22. The number of aliphatic imine (C=N–C) groups is 1. The molecule has 1 aromatic heterocycles. The van der Waals surface area contributed by atoms with Crippen molar-refractivity contribution < 1.29 is 4.74 Å². The van der Waals surface area contributed by atoms with Gasteiger partial charge < -0.3 is 15.4 Å². The first-order chi connectivity index (χ1) is 12.1. The first-order valence-electron chi connectivity index (χ1n) is 9.27. The molecule has 140 valence electrons. The number of rotatable bonds is 7. The van der Waals surface area contributed by atoms with Crippen LogP contribution in [0.15, 0.2) is 23.2 Å². The second-order valence-corrected chi connectivity index (χ2v) is 7.01. The van der Waals surface area contributed by atoms with Gasteiger partial charge in [0.05, 0.1) is 25.5 Å². The van der Waals surface area contributed by atoms with E-state index in [9.17, 15) is 0 Å². The lowest BCUT2D eigenvalue weighted by Crippen LogP contribution is -2.51. The number of aromatic nitrogens is 1. The zero-order valence-electron chi connectivity index (χ0n) is 16.1. The number of pyridine rings is 1. The van der Waals surface area contributed by atoms with Crippen LogP contribution in [0, 0.1) is 12.8 Å². The second-order valence-electron chi connectivity index (χ2n) is 7.01. The number of aryl methyl sites for hydroxylation is 1. The molecule has 0 radical (unpaired) electrons. The highest BCUT2D eigenvalue weighted by molar-refractivity contribution is 5.79. The van der Waals surface area contributed by atoms with Gasteiger partial charge in [0.2, 0.25) is 0 Å². The summed E-state index contributed by atoms with van der Waals surface area (Å²) in [5.74, 6) is 1.49. The fraction of sp³-hybridized carbons (Fsp3) is 0.684. The summed E-state index contributed by atoms with van der Waals surface area (Å²) in [5.41, 5.74) is 2.06. The molecule has 2 rings (SSSR count). The van der Waals surface area contributed by atoms with Crippen LogP contribution < -0.4 is 10.6 Å². The third kappa shape index (κ3) is 7.00. The van der Waals surface area contributed by atoms with Gasteiger partial charge in [-0.05, 0) is 31.4 Å². The van der Waals surface area contributed by atoms with Crippen LogP contribution in [-0.4, -0.2) is 61.8 Å². The summed E-state index contributed by atoms with van der Waals surface area (Å²) in [6.07, 6.45) is 1.17. The molecule has 1 unspecified atom stereocenters. The summed E-state index contributed by atoms with van der Waals surface area (Å²) in [5, 5.41) is 6.84. The van der Waals surface area contributed by atoms with E-state index in [0.717, 1.165) is 50.2 Å². The van der Waals surface area contributed by atoms with Crippen molar-refractivity contribution in [1.82, 2.24) is 20.5 Å². The summed E-state index contributed by atoms with van der Waals surface area (Å²) in [6.45, 7) is 11.8. The van der Waals surface area contributed by atoms with Gasteiger partial charge in [-0.2, -0.15) is 0 Å². The summed E-state index contributed by atoms with van der Waals surface area (Å²) in [4.78, 5) is 11.4. The molecule has 1 aliphatic heterocycles. The molecule has 6 heteroatoms. The molecule has 1 aromatic rings. The minimum Gasteiger partial charge on any atom is -0.379 e. The number of guanidine groups is 1. The van der Waals surface area contributed by atoms with Crippen molar-refractivity contribution in [1.29, 1.82) is 0 Å². The van der Waals surface area contributed by atoms with E-state index in [1.165, 1.54) is 6.42 Å². The van der Waals surface area contributed by atoms with Crippen molar-refractivity contribution in [2.24, 2.45) is 10.9 Å². The molecule has 0 spiro atoms. The predicted molar refractivity (Wildman–Crippen MR) is 103 cm³/mol. The lowest BCUT2D eigenvalue weighted by Gasteiger charge is -2.35. The van der Waals surface area contributed by atoms with E-state index in [1.54, 1.807) is 0 Å². The Hall–Kier alpha value is -1.66. The molecule has 1 fully saturated rings. The quantitative estimate of drug-likeness (QED) is 0.582. The Morgan fingerprint density at radius 1 is 1.28 bits per heavy atom. The second kappa shape index (κ2) is 10.4. The van der Waals surface area contributed by atoms with Crippen LogP contribution in [0.1, 0.15) is 31.7 Å². The SMILES string of the molecule is CN=C(NCc1cccc(C)n1)NCC(CC(C)C)N1CCOCC1. The molecule has 0 bridgehead atoms. The first kappa shape index (κ1) is 19.7. The molecule has 0 saturated carbocycles. The molecule has 1 aliphatic rings. The van der Waals surface area contributed by atoms with Crippen molar-refractivity contribution >= 4 is 5.96 Å². The van der Waals surface area contributed by atoms with Crippen LogP contribution in [0.4, 0.5) is 0 Å². The topological polar surface area (TPSA) is 61.8 Å². The fourth-order valence-corrected chi connectivity index (χ4v) is 3.16. The smallest absolute Gasteiger partial charge is 0.191 e. The maximum Gasteiger partial charge on any atom is 0.191 e. The Morgan fingerprint density at radius 3 is 2.68 bits per heavy atom. The van der Waals surface area contributed by atoms with Crippen LogP contribution >= 0.6 is 0 Å². The summed E-state index contributed by atoms with van der Waals surface area (Å²) < 4.78 is 5.49. The molecule has 0 aromatic carbocycles. The first-order valence-corrected chi connectivity index (χ1v) is 9.27. The van der Waals surface area contributed by atoms with E-state index >= 15 is 0 Å². The van der Waals surface area contributed by atoms with Gasteiger partial charge in [0.25, 0.3) is 0 Å². The number of hydrogen-bond acceptors (Lipinski definition) is 4. The Balaban J connectivity index is 1.85. The Morgan fingerprint density at radius 2 is 2.04 bits per heavy atom. The largest absolute Gasteiger partial charge is 0.379 e. The van der Waals surface area contributed by atoms with Crippen molar-refractivity contribution in [3.63, 3.8) is 0 Å². The van der Waals surface area contributed by atoms with E-state index in [4.69, 9.17) is 4.74 Å². The zero-order chi connectivity index (χ0) is 18.1. The van der Waals surface area contributed by atoms with Gasteiger partial charge in [-0.1, -0.05) is 19.9 Å². The minimum atomic E-state index is 0.500. The third-order valence-corrected chi connectivity index (χ3v) is 4.42. The molecule has 0 amide bonds. The maximum atomic E-state index is 5.49. The monoisotopic (exact) mass is 347 g/mol. The molecule has 6 nitrogen and oxygen atoms in total. The van der Waals surface area contributed by atoms with Gasteiger partial charge in [-0.25, -0.2) is 0 Å². The average molecular weight is 348 g/mol. The van der Waals surface area contributed by atoms with E-state index < -0.39 is 0 Å². The molecular weight excluding hydrogens is 314 g/mol. The summed E-state index contributed by atoms with van der Waals surface area (Å²) in [6, 6.07) is 6.57. The van der Waals surface area contributed by atoms with Gasteiger partial charge in [-0.3, -0.25) is 14.9 Å². The van der Waals surface area contributed by atoms with E-state index in [-0.39, 0.29) is 0 Å². The van der Waals surface area contributed by atoms with Crippen LogP contribution in [0.5, 0.6) is 0 Å². The number of nitrogens with one attached hydrogen (secondary N) is 2. The number of ether oxygens (including phenoxy) is 1. The lowest BCUT2D eigenvalue weighted by molar-refractivity contribution is 0.0132. The van der Waals surface area contributed by atoms with Gasteiger partial charge in [0.15, 0.2) is 5.96 Å². The van der Waals surface area contributed by atoms with Crippen molar-refractivity contribution in [3.8, 4) is 0 Å². The van der Waals surface area contributed by atoms with E-state index in [2.05, 4.69) is 39.4 Å². The van der Waals surface area contributed by atoms with E-state index in [1.807, 2.05) is 32.2 Å². The molecule has 1 saturated heterocycles. The van der Waals surface area contributed by atoms with Gasteiger partial charge >= 0.3 is 0 Å². The van der Waals surface area contributed by atoms with Crippen molar-refractivity contribution in [3.05, 3.63) is 29.6 Å². The van der Waals surface area contributed by atoms with E-state index in [0.29, 0.717) is 18.5 Å². The summed E-state index contributed by atoms with van der Waals surface area (Å²) in [7, 11) is 1.81. The average Bonchev–Trinajstić information content (AvgIpc) is 2.61. The molecule has 0 aliphatic carbocycles. The van der Waals surface area contributed by atoms with Crippen LogP contribution in [0.2, 0.25) is 0 Å². The highest BCUT2D eigenvalue weighted by atomic mass is 16.5. The molecular formula is C19H33N5O. The van der Waals surface area contributed by atoms with Gasteiger partial charge in [0, 0.05) is 38.4 Å². The Kier molecular flexibility index (Phi) is 8.15. The predicted octanol–water partition coefficient (Wildman–Crippen LogP) is 1.80. The highest BCUT2D eigenvalue weighted by Crippen LogP contribution is 2.13. The number of hydrogen-bond donors (Lipinski definition) is 2. The lowest BCUT2D eigenvalue weighted by atomic mass is 10.0. The zero-order valence-corrected chi connectivity index (χ0v) is 16.1. The van der Waals surface area contributed by atoms with Crippen molar-refractivity contribution in [2.45, 2.75) is 39.8 Å². The van der Waals surface area contributed by atoms with Gasteiger partial charge in [-0.15, -0.1) is 0 Å². The fourth-order valence-electron chi connectivity index (χ4n) is 3.16. The molecule has 1 atom stereocenters. The van der Waals surface area contributed by atoms with Crippen molar-refractivity contribution in [2.75, 3.05) is 39.9 Å². The molecule has 2 N–H and O–H groups in total. The van der Waals surface area contributed by atoms with Crippen LogP contribution in [0.25, 0.3) is 0 Å². The Labute approximate surface area is 152 Å². The number of morpholine rings is 1. The van der Waals surface area contributed by atoms with Crippen LogP contribution in [0.3, 0.4) is 0 Å². The Bertz CT molecular complexity index is 540. The number of nitrogens with zero attached hydrogens (tertiary/aromatic N) is 3. The maximum absolute atomic E-state index is 5.49. The molecule has 2 heterocycles. The standard InChI is InChI=1S/C19H33N5O/c1-15(2)12-18(24-8-10-25-11-9-24)14-22-19(20-4)21-13-17-7-5-6-16(3)23-17/h5-7,15,18H,8-14H2,1-4H3,(H2,20,21,22). The van der Waals surface area contributed by atoms with Crippen LogP contribution in [-0.2, 0) is 11.3 Å². The third-order valence-electron chi connectivity index (χ3n) is 4.42. The minimum absolute atomic E-state index is 0.500. The molecule has 25 heavy (non-hydrogen) atoms. The normalized spacial score (nSPS) is 17.6. The van der Waals surface area contributed by atoms with Gasteiger partial charge in [0.1, 0.15) is 0 Å². The summed E-state index contributed by atoms with van der Waals surface area (Å²) >= 11 is 0.